The topological polar surface area (TPSA) is 67.3 Å². The van der Waals surface area contributed by atoms with Crippen molar-refractivity contribution < 1.29 is 17.6 Å². The van der Waals surface area contributed by atoms with Crippen LogP contribution < -0.4 is 0 Å². The van der Waals surface area contributed by atoms with Crippen LogP contribution in [0, 0.1) is 5.95 Å². The quantitative estimate of drug-likeness (QED) is 0.773. The first kappa shape index (κ1) is 13.9. The van der Waals surface area contributed by atoms with E-state index < -0.39 is 15.8 Å². The maximum Gasteiger partial charge on any atom is 0.255 e. The molecule has 1 aromatic heterocycles. The fourth-order valence-electron chi connectivity index (χ4n) is 2.26. The van der Waals surface area contributed by atoms with Gasteiger partial charge in [0.25, 0.3) is 5.91 Å². The lowest BCUT2D eigenvalue weighted by Gasteiger charge is -2.26. The number of sulfone groups is 1. The van der Waals surface area contributed by atoms with E-state index in [2.05, 4.69) is 4.98 Å². The maximum absolute atomic E-state index is 12.7. The average molecular weight is 286 g/mol. The Morgan fingerprint density at radius 3 is 2.74 bits per heavy atom. The summed E-state index contributed by atoms with van der Waals surface area (Å²) >= 11 is 0. The molecule has 1 aromatic rings. The molecule has 1 aliphatic heterocycles. The first-order chi connectivity index (χ1) is 8.93. The summed E-state index contributed by atoms with van der Waals surface area (Å²) in [5.74, 6) is -0.843. The third-order valence-corrected chi connectivity index (χ3v) is 4.98. The molecule has 2 rings (SSSR count). The summed E-state index contributed by atoms with van der Waals surface area (Å²) in [5, 5.41) is 0. The van der Waals surface area contributed by atoms with Crippen molar-refractivity contribution in [2.45, 2.75) is 19.4 Å². The molecular formula is C12H15FN2O3S. The lowest BCUT2D eigenvalue weighted by molar-refractivity contribution is 0.0708. The van der Waals surface area contributed by atoms with Crippen LogP contribution in [0.5, 0.6) is 0 Å². The fraction of sp³-hybridized carbons (Fsp3) is 0.500. The summed E-state index contributed by atoms with van der Waals surface area (Å²) < 4.78 is 35.7. The molecule has 2 heterocycles. The summed E-state index contributed by atoms with van der Waals surface area (Å²) in [4.78, 5) is 17.2. The minimum atomic E-state index is -3.04. The van der Waals surface area contributed by atoms with Crippen molar-refractivity contribution in [2.24, 2.45) is 0 Å². The number of nitrogens with zero attached hydrogens (tertiary/aromatic N) is 2. The van der Waals surface area contributed by atoms with Crippen LogP contribution >= 0.6 is 0 Å². The zero-order valence-corrected chi connectivity index (χ0v) is 11.4. The smallest absolute Gasteiger partial charge is 0.255 e. The molecule has 0 aliphatic carbocycles. The van der Waals surface area contributed by atoms with Crippen LogP contribution in [-0.2, 0) is 9.84 Å². The van der Waals surface area contributed by atoms with Crippen LogP contribution in [0.4, 0.5) is 4.39 Å². The molecular weight excluding hydrogens is 271 g/mol. The van der Waals surface area contributed by atoms with Gasteiger partial charge in [0.05, 0.1) is 17.1 Å². The molecule has 1 saturated heterocycles. The van der Waals surface area contributed by atoms with E-state index in [9.17, 15) is 17.6 Å². The lowest BCUT2D eigenvalue weighted by atomic mass is 10.1. The third-order valence-electron chi connectivity index (χ3n) is 3.23. The number of rotatable bonds is 3. The number of halogens is 1. The number of hydrogen-bond donors (Lipinski definition) is 0. The Balaban J connectivity index is 2.18. The first-order valence-electron chi connectivity index (χ1n) is 6.06. The highest BCUT2D eigenvalue weighted by molar-refractivity contribution is 7.91. The minimum absolute atomic E-state index is 0.00119. The van der Waals surface area contributed by atoms with Gasteiger partial charge in [-0.05, 0) is 25.5 Å². The Morgan fingerprint density at radius 2 is 2.26 bits per heavy atom. The summed E-state index contributed by atoms with van der Waals surface area (Å²) in [6.07, 6.45) is 1.63. The van der Waals surface area contributed by atoms with Gasteiger partial charge >= 0.3 is 0 Å². The molecule has 104 valence electrons. The van der Waals surface area contributed by atoms with Crippen LogP contribution in [0.3, 0.4) is 0 Å². The zero-order valence-electron chi connectivity index (χ0n) is 10.5. The first-order valence-corrected chi connectivity index (χ1v) is 7.88. The van der Waals surface area contributed by atoms with E-state index >= 15 is 0 Å². The van der Waals surface area contributed by atoms with Crippen LogP contribution in [0.1, 0.15) is 23.7 Å². The van der Waals surface area contributed by atoms with Gasteiger partial charge in [-0.2, -0.15) is 4.39 Å². The Bertz CT molecular complexity index is 571. The van der Waals surface area contributed by atoms with Gasteiger partial charge in [0.2, 0.25) is 5.95 Å². The molecule has 1 amide bonds. The summed E-state index contributed by atoms with van der Waals surface area (Å²) in [6.45, 7) is 2.20. The second kappa shape index (κ2) is 5.24. The monoisotopic (exact) mass is 286 g/mol. The molecule has 1 aliphatic rings. The molecule has 19 heavy (non-hydrogen) atoms. The van der Waals surface area contributed by atoms with Gasteiger partial charge in [0, 0.05) is 18.8 Å². The molecule has 7 heteroatoms. The lowest BCUT2D eigenvalue weighted by Crippen LogP contribution is -2.41. The van der Waals surface area contributed by atoms with Gasteiger partial charge in [-0.1, -0.05) is 0 Å². The van der Waals surface area contributed by atoms with Gasteiger partial charge in [0.15, 0.2) is 9.84 Å². The van der Waals surface area contributed by atoms with Crippen molar-refractivity contribution in [1.29, 1.82) is 0 Å². The Labute approximate surface area is 111 Å². The van der Waals surface area contributed by atoms with Crippen LogP contribution in [0.15, 0.2) is 18.3 Å². The molecule has 1 atom stereocenters. The number of carbonyl (C=O) groups is 1. The normalized spacial score (nSPS) is 21.3. The number of aromatic nitrogens is 1. The Kier molecular flexibility index (Phi) is 3.84. The number of hydrogen-bond acceptors (Lipinski definition) is 4. The number of carbonyl (C=O) groups excluding carboxylic acids is 1. The van der Waals surface area contributed by atoms with E-state index in [0.29, 0.717) is 13.0 Å². The van der Waals surface area contributed by atoms with Gasteiger partial charge in [-0.25, -0.2) is 13.4 Å². The predicted octanol–water partition coefficient (Wildman–Crippen LogP) is 0.870. The molecule has 0 spiro atoms. The maximum atomic E-state index is 12.7. The standard InChI is InChI=1S/C12H15FN2O3S/c1-2-15(10-5-6-19(17,18)8-10)12(16)9-3-4-11(13)14-7-9/h3-4,7,10H,2,5-6,8H2,1H3. The molecule has 5 nitrogen and oxygen atoms in total. The molecule has 0 saturated carbocycles. The van der Waals surface area contributed by atoms with E-state index in [0.717, 1.165) is 6.07 Å². The Hall–Kier alpha value is -1.50. The van der Waals surface area contributed by atoms with Gasteiger partial charge in [-0.15, -0.1) is 0 Å². The van der Waals surface area contributed by atoms with Crippen molar-refractivity contribution in [1.82, 2.24) is 9.88 Å². The van der Waals surface area contributed by atoms with Gasteiger partial charge in [-0.3, -0.25) is 4.79 Å². The molecule has 0 aromatic carbocycles. The number of amides is 1. The van der Waals surface area contributed by atoms with Crippen LogP contribution in [0.2, 0.25) is 0 Å². The predicted molar refractivity (Wildman–Crippen MR) is 68.0 cm³/mol. The van der Waals surface area contributed by atoms with Crippen molar-refractivity contribution in [2.75, 3.05) is 18.1 Å². The molecule has 1 fully saturated rings. The second-order valence-corrected chi connectivity index (χ2v) is 6.75. The van der Waals surface area contributed by atoms with E-state index in [1.807, 2.05) is 0 Å². The summed E-state index contributed by atoms with van der Waals surface area (Å²) in [6, 6.07) is 2.18. The highest BCUT2D eigenvalue weighted by atomic mass is 32.2. The molecule has 1 unspecified atom stereocenters. The highest BCUT2D eigenvalue weighted by Gasteiger charge is 2.34. The molecule has 0 radical (unpaired) electrons. The average Bonchev–Trinajstić information content (AvgIpc) is 2.71. The van der Waals surface area contributed by atoms with Crippen molar-refractivity contribution in [3.05, 3.63) is 29.8 Å². The van der Waals surface area contributed by atoms with Crippen LogP contribution in [-0.4, -0.2) is 48.3 Å². The molecule has 0 N–H and O–H groups in total. The van der Waals surface area contributed by atoms with Crippen LogP contribution in [0.25, 0.3) is 0 Å². The largest absolute Gasteiger partial charge is 0.335 e. The van der Waals surface area contributed by atoms with Crippen molar-refractivity contribution in [3.63, 3.8) is 0 Å². The van der Waals surface area contributed by atoms with Gasteiger partial charge in [0.1, 0.15) is 0 Å². The Morgan fingerprint density at radius 1 is 1.53 bits per heavy atom. The SMILES string of the molecule is CCN(C(=O)c1ccc(F)nc1)C1CCS(=O)(=O)C1. The zero-order chi connectivity index (χ0) is 14.0. The molecule has 0 bridgehead atoms. The summed E-state index contributed by atoms with van der Waals surface area (Å²) in [5.41, 5.74) is 0.271. The van der Waals surface area contributed by atoms with E-state index in [-0.39, 0.29) is 29.0 Å². The van der Waals surface area contributed by atoms with Crippen molar-refractivity contribution >= 4 is 15.7 Å². The number of pyridine rings is 1. The second-order valence-electron chi connectivity index (χ2n) is 4.52. The van der Waals surface area contributed by atoms with E-state index in [1.165, 1.54) is 17.2 Å². The third kappa shape index (κ3) is 3.09. The minimum Gasteiger partial charge on any atom is -0.335 e. The van der Waals surface area contributed by atoms with Gasteiger partial charge < -0.3 is 4.90 Å². The van der Waals surface area contributed by atoms with Crippen molar-refractivity contribution in [3.8, 4) is 0 Å². The van der Waals surface area contributed by atoms with E-state index in [4.69, 9.17) is 0 Å². The van der Waals surface area contributed by atoms with E-state index in [1.54, 1.807) is 6.92 Å². The highest BCUT2D eigenvalue weighted by Crippen LogP contribution is 2.19. The fourth-order valence-corrected chi connectivity index (χ4v) is 3.99. The summed E-state index contributed by atoms with van der Waals surface area (Å²) in [7, 11) is -3.04.